The number of hydrogen-bond acceptors (Lipinski definition) is 9. The number of para-hydroxylation sites is 2. The Hall–Kier alpha value is -5.52. The third-order valence-electron chi connectivity index (χ3n) is 12.6. The predicted molar refractivity (Wildman–Crippen MR) is 271 cm³/mol. The van der Waals surface area contributed by atoms with Crippen LogP contribution in [0.4, 0.5) is 11.4 Å². The summed E-state index contributed by atoms with van der Waals surface area (Å²) in [6, 6.07) is 16.3. The molecule has 1 atom stereocenters. The third-order valence-corrected chi connectivity index (χ3v) is 12.6. The number of esters is 2. The van der Waals surface area contributed by atoms with Gasteiger partial charge in [0.05, 0.1) is 25.0 Å². The number of carboxylic acid groups (broad SMARTS) is 1. The lowest BCUT2D eigenvalue weighted by Gasteiger charge is -2.25. The van der Waals surface area contributed by atoms with E-state index in [-0.39, 0.29) is 47.9 Å². The molecule has 0 saturated carbocycles. The molecule has 0 bridgehead atoms. The van der Waals surface area contributed by atoms with E-state index in [1.807, 2.05) is 0 Å². The van der Waals surface area contributed by atoms with Gasteiger partial charge in [0.2, 0.25) is 17.5 Å². The molecule has 2 amide bonds. The van der Waals surface area contributed by atoms with E-state index in [4.69, 9.17) is 19.4 Å². The van der Waals surface area contributed by atoms with Gasteiger partial charge in [-0.1, -0.05) is 134 Å². The zero-order valence-corrected chi connectivity index (χ0v) is 42.6. The molecule has 374 valence electrons. The number of benzene rings is 2. The maximum atomic E-state index is 13.1. The number of carbonyl (C=O) groups excluding carboxylic acids is 5. The van der Waals surface area contributed by atoms with E-state index in [2.05, 4.69) is 147 Å². The van der Waals surface area contributed by atoms with Gasteiger partial charge < -0.3 is 34.9 Å². The van der Waals surface area contributed by atoms with Crippen LogP contribution in [0.5, 0.6) is 0 Å². The number of hydrogen-bond donors (Lipinski definition) is 2. The van der Waals surface area contributed by atoms with Crippen LogP contribution in [-0.2, 0) is 44.3 Å². The van der Waals surface area contributed by atoms with Crippen molar-refractivity contribution < 1.29 is 43.1 Å². The summed E-state index contributed by atoms with van der Waals surface area (Å²) in [6.45, 7) is 19.2. The Morgan fingerprint density at radius 2 is 1.32 bits per heavy atom. The summed E-state index contributed by atoms with van der Waals surface area (Å²) in [6.07, 6.45) is 22.7. The Morgan fingerprint density at radius 1 is 0.706 bits per heavy atom. The Labute approximate surface area is 407 Å². The molecule has 0 spiro atoms. The zero-order valence-electron chi connectivity index (χ0n) is 42.6. The molecule has 2 heterocycles. The Bertz CT molecular complexity index is 2060. The highest BCUT2D eigenvalue weighted by atomic mass is 16.5. The van der Waals surface area contributed by atoms with Gasteiger partial charge in [0.15, 0.2) is 12.3 Å². The van der Waals surface area contributed by atoms with Crippen LogP contribution in [0.1, 0.15) is 169 Å². The minimum atomic E-state index is -1.08. The number of rotatable bonds is 29. The van der Waals surface area contributed by atoms with Crippen molar-refractivity contribution in [2.24, 2.45) is 0 Å². The SMILES string of the molecule is CC(=O)[O-].CCCCCCOC(=O)CC[C@@H](NC(=O)CCCCCCNC(=O)CC[N+]1=C(/C=C/C=C/C=C2\N(CC)c3ccccc3C2(C)C)C(C)(C)c2ccccc21)C(=O)OCCCCCC. The number of anilines is 1. The van der Waals surface area contributed by atoms with Gasteiger partial charge in [-0.05, 0) is 77.5 Å². The molecule has 0 aromatic heterocycles. The van der Waals surface area contributed by atoms with Gasteiger partial charge >= 0.3 is 11.9 Å². The van der Waals surface area contributed by atoms with E-state index < -0.39 is 18.0 Å². The largest absolute Gasteiger partial charge is 0.550 e. The van der Waals surface area contributed by atoms with Crippen LogP contribution < -0.4 is 20.6 Å². The highest BCUT2D eigenvalue weighted by Crippen LogP contribution is 2.47. The molecule has 2 aromatic carbocycles. The number of carboxylic acids is 1. The molecular weight excluding hydrogens is 857 g/mol. The van der Waals surface area contributed by atoms with Crippen LogP contribution in [0.3, 0.4) is 0 Å². The summed E-state index contributed by atoms with van der Waals surface area (Å²) < 4.78 is 13.1. The topological polar surface area (TPSA) is 157 Å². The van der Waals surface area contributed by atoms with Crippen LogP contribution in [0.25, 0.3) is 0 Å². The molecule has 68 heavy (non-hydrogen) atoms. The molecule has 2 aromatic rings. The molecule has 0 fully saturated rings. The molecule has 0 radical (unpaired) electrons. The summed E-state index contributed by atoms with van der Waals surface area (Å²) in [7, 11) is 0. The number of amides is 2. The summed E-state index contributed by atoms with van der Waals surface area (Å²) in [5.41, 5.74) is 7.17. The quantitative estimate of drug-likeness (QED) is 0.0351. The van der Waals surface area contributed by atoms with E-state index >= 15 is 0 Å². The van der Waals surface area contributed by atoms with Crippen molar-refractivity contribution in [2.75, 3.05) is 37.7 Å². The van der Waals surface area contributed by atoms with Gasteiger partial charge in [0.1, 0.15) is 6.04 Å². The summed E-state index contributed by atoms with van der Waals surface area (Å²) >= 11 is 0. The maximum absolute atomic E-state index is 13.1. The van der Waals surface area contributed by atoms with Crippen molar-refractivity contribution in [3.8, 4) is 0 Å². The van der Waals surface area contributed by atoms with Crippen molar-refractivity contribution >= 4 is 46.8 Å². The summed E-state index contributed by atoms with van der Waals surface area (Å²) in [5.74, 6) is -2.17. The lowest BCUT2D eigenvalue weighted by molar-refractivity contribution is -0.436. The first-order valence-corrected chi connectivity index (χ1v) is 25.3. The Kier molecular flexibility index (Phi) is 25.1. The van der Waals surface area contributed by atoms with E-state index in [1.54, 1.807) is 0 Å². The average Bonchev–Trinajstić information content (AvgIpc) is 3.66. The minimum Gasteiger partial charge on any atom is -0.550 e. The van der Waals surface area contributed by atoms with E-state index in [1.165, 1.54) is 22.5 Å². The number of carbonyl (C=O) groups is 5. The van der Waals surface area contributed by atoms with Crippen molar-refractivity contribution in [3.05, 3.63) is 95.7 Å². The molecule has 2 aliphatic heterocycles. The van der Waals surface area contributed by atoms with Crippen LogP contribution >= 0.6 is 0 Å². The number of ether oxygens (including phenoxy) is 2. The third kappa shape index (κ3) is 18.2. The van der Waals surface area contributed by atoms with Crippen molar-refractivity contribution in [1.82, 2.24) is 10.6 Å². The minimum absolute atomic E-state index is 0.0146. The fourth-order valence-electron chi connectivity index (χ4n) is 8.88. The maximum Gasteiger partial charge on any atom is 0.328 e. The first-order valence-electron chi connectivity index (χ1n) is 25.3. The first-order chi connectivity index (χ1) is 32.6. The van der Waals surface area contributed by atoms with E-state index in [9.17, 15) is 19.2 Å². The smallest absolute Gasteiger partial charge is 0.328 e. The number of fused-ring (bicyclic) bond motifs is 2. The van der Waals surface area contributed by atoms with Crippen LogP contribution in [-0.4, -0.2) is 78.9 Å². The van der Waals surface area contributed by atoms with Gasteiger partial charge in [-0.3, -0.25) is 14.4 Å². The average molecular weight is 939 g/mol. The lowest BCUT2D eigenvalue weighted by atomic mass is 9.81. The lowest BCUT2D eigenvalue weighted by Crippen LogP contribution is -2.42. The van der Waals surface area contributed by atoms with Gasteiger partial charge in [0.25, 0.3) is 0 Å². The Morgan fingerprint density at radius 3 is 2.00 bits per heavy atom. The molecule has 2 N–H and O–H groups in total. The number of allylic oxidation sites excluding steroid dienone is 6. The van der Waals surface area contributed by atoms with Gasteiger partial charge in [0, 0.05) is 66.4 Å². The van der Waals surface area contributed by atoms with Crippen molar-refractivity contribution in [1.29, 1.82) is 0 Å². The highest BCUT2D eigenvalue weighted by molar-refractivity contribution is 6.03. The molecule has 0 saturated heterocycles. The van der Waals surface area contributed by atoms with Crippen molar-refractivity contribution in [2.45, 2.75) is 175 Å². The van der Waals surface area contributed by atoms with Gasteiger partial charge in [-0.15, -0.1) is 0 Å². The van der Waals surface area contributed by atoms with Gasteiger partial charge in [-0.2, -0.15) is 4.58 Å². The number of unbranched alkanes of at least 4 members (excludes halogenated alkanes) is 9. The molecule has 4 rings (SSSR count). The second-order valence-corrected chi connectivity index (χ2v) is 18.8. The number of nitrogens with zero attached hydrogens (tertiary/aromatic N) is 2. The molecule has 12 nitrogen and oxygen atoms in total. The molecule has 0 unspecified atom stereocenters. The van der Waals surface area contributed by atoms with Gasteiger partial charge in [-0.25, -0.2) is 4.79 Å². The van der Waals surface area contributed by atoms with E-state index in [0.29, 0.717) is 39.1 Å². The highest BCUT2D eigenvalue weighted by Gasteiger charge is 2.44. The molecule has 2 aliphatic rings. The molecule has 12 heteroatoms. The normalized spacial score (nSPS) is 15.5. The molecule has 0 aliphatic carbocycles. The van der Waals surface area contributed by atoms with Crippen LogP contribution in [0.2, 0.25) is 0 Å². The Balaban J connectivity index is 0.00000294. The first kappa shape index (κ1) is 56.8. The van der Waals surface area contributed by atoms with Crippen molar-refractivity contribution in [3.63, 3.8) is 0 Å². The fourth-order valence-corrected chi connectivity index (χ4v) is 8.88. The standard InChI is InChI=1S/C54H78N4O6.C2H4O2/c1-8-11-13-26-40-63-51(61)36-35-44(52(62)64-41-27-14-12-9-2)56-50(60)34-20-15-16-25-38-55-49(59)37-39-58-46-31-24-22-29-43(46)54(6,7)48(58)33-19-17-18-32-47-53(4,5)42-28-21-23-30-45(42)57(47)10-3;1-2(3)4/h17-19,21-24,28-33,44H,8-16,20,25-27,34-41H2,1-7H3,(H-,55,56,59,60);1H3,(H,3,4)/t44-;/m1./s1. The second-order valence-electron chi connectivity index (χ2n) is 18.8. The summed E-state index contributed by atoms with van der Waals surface area (Å²) in [5, 5.41) is 14.8. The second kappa shape index (κ2) is 30.1. The number of nitrogens with one attached hydrogen (secondary N) is 2. The monoisotopic (exact) mass is 939 g/mol. The summed E-state index contributed by atoms with van der Waals surface area (Å²) in [4.78, 5) is 62.6. The van der Waals surface area contributed by atoms with Crippen LogP contribution in [0, 0.1) is 0 Å². The number of aliphatic carboxylic acids is 1. The van der Waals surface area contributed by atoms with E-state index in [0.717, 1.165) is 95.5 Å². The molecular formula is C56H82N4O8. The zero-order chi connectivity index (χ0) is 50.0. The predicted octanol–water partition coefficient (Wildman–Crippen LogP) is 9.60. The van der Waals surface area contributed by atoms with Crippen LogP contribution in [0.15, 0.2) is 84.6 Å². The number of likely N-dealkylation sites (N-methyl/N-ethyl adjacent to an activating group) is 1. The fraction of sp³-hybridized carbons (Fsp3) is 0.571.